The van der Waals surface area contributed by atoms with Crippen LogP contribution in [0.3, 0.4) is 0 Å². The van der Waals surface area contributed by atoms with Crippen molar-refractivity contribution in [3.63, 3.8) is 0 Å². The third kappa shape index (κ3) is 2.98. The van der Waals surface area contributed by atoms with Crippen molar-refractivity contribution in [3.8, 4) is 0 Å². The first-order valence-corrected chi connectivity index (χ1v) is 7.81. The minimum absolute atomic E-state index is 0.825. The Bertz CT molecular complexity index is 662. The molecule has 0 saturated heterocycles. The predicted octanol–water partition coefficient (Wildman–Crippen LogP) is 3.24. The zero-order valence-electron chi connectivity index (χ0n) is 13.2. The Balaban J connectivity index is 1.91. The Morgan fingerprint density at radius 3 is 2.71 bits per heavy atom. The molecule has 1 aliphatic heterocycles. The fourth-order valence-electron chi connectivity index (χ4n) is 2.91. The van der Waals surface area contributed by atoms with E-state index in [4.69, 9.17) is 9.97 Å². The first-order valence-electron chi connectivity index (χ1n) is 7.81. The van der Waals surface area contributed by atoms with Crippen LogP contribution in [0.2, 0.25) is 0 Å². The highest BCUT2D eigenvalue weighted by atomic mass is 15.0. The summed E-state index contributed by atoms with van der Waals surface area (Å²) < 4.78 is 0. The molecule has 0 spiro atoms. The summed E-state index contributed by atoms with van der Waals surface area (Å²) in [5, 5.41) is 3.39. The van der Waals surface area contributed by atoms with Crippen molar-refractivity contribution >= 4 is 0 Å². The Morgan fingerprint density at radius 2 is 1.95 bits per heavy atom. The van der Waals surface area contributed by atoms with Crippen molar-refractivity contribution in [2.75, 3.05) is 0 Å². The van der Waals surface area contributed by atoms with Gasteiger partial charge < -0.3 is 5.32 Å². The summed E-state index contributed by atoms with van der Waals surface area (Å²) in [4.78, 5) is 9.60. The third-order valence-electron chi connectivity index (χ3n) is 4.24. The monoisotopic (exact) mass is 281 g/mol. The molecule has 3 heteroatoms. The Morgan fingerprint density at radius 1 is 1.10 bits per heavy atom. The lowest BCUT2D eigenvalue weighted by molar-refractivity contribution is 0.753. The van der Waals surface area contributed by atoms with E-state index in [9.17, 15) is 0 Å². The first kappa shape index (κ1) is 14.2. The highest BCUT2D eigenvalue weighted by Gasteiger charge is 2.18. The molecular formula is C18H23N3. The lowest BCUT2D eigenvalue weighted by atomic mass is 10.0. The Hall–Kier alpha value is -1.74. The van der Waals surface area contributed by atoms with Crippen LogP contribution in [0.5, 0.6) is 0 Å². The second-order valence-corrected chi connectivity index (χ2v) is 5.96. The highest BCUT2D eigenvalue weighted by Crippen LogP contribution is 2.20. The van der Waals surface area contributed by atoms with Gasteiger partial charge in [-0.05, 0) is 37.0 Å². The molecule has 0 atom stereocenters. The fraction of sp³-hybridized carbons (Fsp3) is 0.444. The second-order valence-electron chi connectivity index (χ2n) is 5.96. The normalized spacial score (nSPS) is 13.5. The van der Waals surface area contributed by atoms with Gasteiger partial charge in [-0.3, -0.25) is 0 Å². The number of nitrogens with zero attached hydrogens (tertiary/aromatic N) is 2. The predicted molar refractivity (Wildman–Crippen MR) is 85.3 cm³/mol. The van der Waals surface area contributed by atoms with Crippen molar-refractivity contribution in [3.05, 3.63) is 57.7 Å². The van der Waals surface area contributed by atoms with Crippen LogP contribution >= 0.6 is 0 Å². The molecule has 3 nitrogen and oxygen atoms in total. The fourth-order valence-corrected chi connectivity index (χ4v) is 2.91. The molecule has 2 aromatic rings. The molecule has 1 N–H and O–H groups in total. The van der Waals surface area contributed by atoms with Gasteiger partial charge in [0.15, 0.2) is 0 Å². The number of hydrogen-bond donors (Lipinski definition) is 1. The van der Waals surface area contributed by atoms with E-state index in [0.29, 0.717) is 0 Å². The summed E-state index contributed by atoms with van der Waals surface area (Å²) in [6, 6.07) is 6.63. The summed E-state index contributed by atoms with van der Waals surface area (Å²) in [6.45, 7) is 8.33. The zero-order valence-corrected chi connectivity index (χ0v) is 13.2. The van der Waals surface area contributed by atoms with Crippen LogP contribution in [0.1, 0.15) is 52.8 Å². The van der Waals surface area contributed by atoms with Crippen molar-refractivity contribution in [2.45, 2.75) is 53.1 Å². The van der Waals surface area contributed by atoms with Crippen LogP contribution in [0.15, 0.2) is 18.2 Å². The molecule has 0 amide bonds. The van der Waals surface area contributed by atoms with Crippen molar-refractivity contribution in [1.29, 1.82) is 0 Å². The van der Waals surface area contributed by atoms with Crippen LogP contribution in [0.25, 0.3) is 0 Å². The van der Waals surface area contributed by atoms with Gasteiger partial charge in [0.05, 0.1) is 5.69 Å². The molecule has 1 aromatic carbocycles. The topological polar surface area (TPSA) is 37.8 Å². The molecule has 1 aliphatic rings. The van der Waals surface area contributed by atoms with Crippen LogP contribution in [-0.4, -0.2) is 9.97 Å². The molecule has 110 valence electrons. The molecule has 2 heterocycles. The maximum absolute atomic E-state index is 4.83. The molecule has 0 bridgehead atoms. The SMILES string of the molecule is CCCc1nc(Cc2ccc(C)c(C)c2)nc2c1CNC2. The number of benzene rings is 1. The number of fused-ring (bicyclic) bond motifs is 1. The Kier molecular flexibility index (Phi) is 4.02. The number of rotatable bonds is 4. The number of aryl methyl sites for hydroxylation is 3. The van der Waals surface area contributed by atoms with Crippen molar-refractivity contribution in [1.82, 2.24) is 15.3 Å². The van der Waals surface area contributed by atoms with E-state index in [0.717, 1.165) is 38.2 Å². The summed E-state index contributed by atoms with van der Waals surface area (Å²) in [6.07, 6.45) is 3.00. The van der Waals surface area contributed by atoms with Gasteiger partial charge in [0, 0.05) is 30.8 Å². The van der Waals surface area contributed by atoms with E-state index in [2.05, 4.69) is 44.3 Å². The molecular weight excluding hydrogens is 258 g/mol. The molecule has 0 radical (unpaired) electrons. The van der Waals surface area contributed by atoms with Gasteiger partial charge in [0.25, 0.3) is 0 Å². The number of hydrogen-bond acceptors (Lipinski definition) is 3. The minimum atomic E-state index is 0.825. The van der Waals surface area contributed by atoms with Gasteiger partial charge in [0.1, 0.15) is 5.82 Å². The van der Waals surface area contributed by atoms with Gasteiger partial charge in [-0.2, -0.15) is 0 Å². The largest absolute Gasteiger partial charge is 0.307 e. The number of aromatic nitrogens is 2. The van der Waals surface area contributed by atoms with E-state index in [1.807, 2.05) is 0 Å². The van der Waals surface area contributed by atoms with Crippen LogP contribution in [0.4, 0.5) is 0 Å². The molecule has 3 rings (SSSR count). The van der Waals surface area contributed by atoms with Crippen LogP contribution in [-0.2, 0) is 25.9 Å². The first-order chi connectivity index (χ1) is 10.2. The maximum Gasteiger partial charge on any atom is 0.133 e. The van der Waals surface area contributed by atoms with Crippen LogP contribution in [0, 0.1) is 13.8 Å². The lowest BCUT2D eigenvalue weighted by Crippen LogP contribution is -2.07. The van der Waals surface area contributed by atoms with Gasteiger partial charge in [-0.1, -0.05) is 31.5 Å². The third-order valence-corrected chi connectivity index (χ3v) is 4.24. The average Bonchev–Trinajstić information content (AvgIpc) is 2.92. The van der Waals surface area contributed by atoms with Crippen LogP contribution < -0.4 is 5.32 Å². The molecule has 21 heavy (non-hydrogen) atoms. The molecule has 1 aromatic heterocycles. The molecule has 0 unspecified atom stereocenters. The Labute approximate surface area is 126 Å². The average molecular weight is 281 g/mol. The highest BCUT2D eigenvalue weighted by molar-refractivity contribution is 5.33. The van der Waals surface area contributed by atoms with Crippen molar-refractivity contribution < 1.29 is 0 Å². The smallest absolute Gasteiger partial charge is 0.133 e. The minimum Gasteiger partial charge on any atom is -0.307 e. The van der Waals surface area contributed by atoms with Gasteiger partial charge >= 0.3 is 0 Å². The summed E-state index contributed by atoms with van der Waals surface area (Å²) in [7, 11) is 0. The van der Waals surface area contributed by atoms with Gasteiger partial charge in [-0.15, -0.1) is 0 Å². The summed E-state index contributed by atoms with van der Waals surface area (Å²) >= 11 is 0. The van der Waals surface area contributed by atoms with Crippen molar-refractivity contribution in [2.24, 2.45) is 0 Å². The van der Waals surface area contributed by atoms with E-state index >= 15 is 0 Å². The van der Waals surface area contributed by atoms with E-state index < -0.39 is 0 Å². The molecule has 0 fully saturated rings. The maximum atomic E-state index is 4.83. The number of nitrogens with one attached hydrogen (secondary N) is 1. The van der Waals surface area contributed by atoms with Gasteiger partial charge in [0.2, 0.25) is 0 Å². The van der Waals surface area contributed by atoms with E-state index in [1.54, 1.807) is 0 Å². The second kappa shape index (κ2) is 5.94. The van der Waals surface area contributed by atoms with E-state index in [1.165, 1.54) is 33.6 Å². The lowest BCUT2D eigenvalue weighted by Gasteiger charge is -2.10. The van der Waals surface area contributed by atoms with E-state index in [-0.39, 0.29) is 0 Å². The van der Waals surface area contributed by atoms with Gasteiger partial charge in [-0.25, -0.2) is 9.97 Å². The zero-order chi connectivity index (χ0) is 14.8. The summed E-state index contributed by atoms with van der Waals surface area (Å²) in [5.74, 6) is 0.962. The molecule has 0 aliphatic carbocycles. The quantitative estimate of drug-likeness (QED) is 0.935. The summed E-state index contributed by atoms with van der Waals surface area (Å²) in [5.41, 5.74) is 7.75. The molecule has 0 saturated carbocycles. The standard InChI is InChI=1S/C18H23N3/c1-4-5-16-15-10-19-11-17(15)21-18(20-16)9-14-7-6-12(2)13(3)8-14/h6-8,19H,4-5,9-11H2,1-3H3.